The summed E-state index contributed by atoms with van der Waals surface area (Å²) in [7, 11) is 0. The van der Waals surface area contributed by atoms with Crippen LogP contribution in [0.5, 0.6) is 0 Å². The van der Waals surface area contributed by atoms with Crippen molar-refractivity contribution in [3.8, 4) is 0 Å². The van der Waals surface area contributed by atoms with Crippen LogP contribution in [-0.2, 0) is 10.2 Å². The first-order valence-corrected chi connectivity index (χ1v) is 10.6. The molecule has 1 amide bonds. The van der Waals surface area contributed by atoms with Crippen LogP contribution in [-0.4, -0.2) is 60.1 Å². The van der Waals surface area contributed by atoms with E-state index in [1.807, 2.05) is 13.0 Å². The van der Waals surface area contributed by atoms with Gasteiger partial charge in [-0.1, -0.05) is 20.8 Å². The van der Waals surface area contributed by atoms with E-state index in [2.05, 4.69) is 30.6 Å². The van der Waals surface area contributed by atoms with E-state index in [1.165, 1.54) is 25.7 Å². The van der Waals surface area contributed by atoms with Crippen molar-refractivity contribution in [3.05, 3.63) is 23.2 Å². The fraction of sp³-hybridized carbons (Fsp3) is 0.773. The molecule has 1 aromatic rings. The van der Waals surface area contributed by atoms with Gasteiger partial charge in [-0.3, -0.25) is 9.69 Å². The molecule has 0 radical (unpaired) electrons. The van der Waals surface area contributed by atoms with Crippen LogP contribution in [0.15, 0.2) is 10.5 Å². The summed E-state index contributed by atoms with van der Waals surface area (Å²) in [5, 5.41) is 0. The summed E-state index contributed by atoms with van der Waals surface area (Å²) < 4.78 is 11.8. The number of carbonyl (C=O) groups is 1. The molecule has 3 saturated heterocycles. The zero-order chi connectivity index (χ0) is 19.2. The largest absolute Gasteiger partial charge is 0.465 e. The lowest BCUT2D eigenvalue weighted by Gasteiger charge is -2.57. The Labute approximate surface area is 163 Å². The standard InChI is InChI=1S/C22H34N2O3/c1-16-18(13-19(27-16)21(2,3)4)20(25)23-10-6-8-22(15-23)9-11-24(22)14-17-7-5-12-26-17/h13,17H,5-12,14-15H2,1-4H3/t17-,22-/m1/s1. The number of aryl methyl sites for hydroxylation is 1. The Morgan fingerprint density at radius 3 is 2.67 bits per heavy atom. The van der Waals surface area contributed by atoms with E-state index < -0.39 is 0 Å². The van der Waals surface area contributed by atoms with E-state index in [9.17, 15) is 4.79 Å². The number of piperidine rings is 1. The molecule has 0 N–H and O–H groups in total. The Kier molecular flexibility index (Phi) is 4.88. The molecule has 1 aromatic heterocycles. The third-order valence-electron chi connectivity index (χ3n) is 6.70. The molecule has 3 aliphatic heterocycles. The number of rotatable bonds is 3. The molecule has 5 heteroatoms. The van der Waals surface area contributed by atoms with Crippen LogP contribution in [0.1, 0.15) is 74.8 Å². The van der Waals surface area contributed by atoms with Gasteiger partial charge in [0.1, 0.15) is 11.5 Å². The lowest BCUT2D eigenvalue weighted by Crippen LogP contribution is -2.68. The quantitative estimate of drug-likeness (QED) is 0.808. The summed E-state index contributed by atoms with van der Waals surface area (Å²) in [4.78, 5) is 17.9. The number of nitrogens with zero attached hydrogens (tertiary/aromatic N) is 2. The van der Waals surface area contributed by atoms with Crippen LogP contribution in [0.4, 0.5) is 0 Å². The molecule has 27 heavy (non-hydrogen) atoms. The van der Waals surface area contributed by atoms with Gasteiger partial charge in [-0.15, -0.1) is 0 Å². The van der Waals surface area contributed by atoms with Crippen LogP contribution in [0.3, 0.4) is 0 Å². The normalized spacial score (nSPS) is 29.3. The number of carbonyl (C=O) groups excluding carboxylic acids is 1. The number of ether oxygens (including phenoxy) is 1. The van der Waals surface area contributed by atoms with Gasteiger partial charge in [0.2, 0.25) is 0 Å². The molecule has 5 nitrogen and oxygen atoms in total. The van der Waals surface area contributed by atoms with Gasteiger partial charge in [-0.25, -0.2) is 0 Å². The predicted molar refractivity (Wildman–Crippen MR) is 105 cm³/mol. The molecule has 2 atom stereocenters. The zero-order valence-corrected chi connectivity index (χ0v) is 17.3. The van der Waals surface area contributed by atoms with Crippen molar-refractivity contribution in [2.45, 2.75) is 76.9 Å². The Hall–Kier alpha value is -1.33. The molecule has 0 aliphatic carbocycles. The van der Waals surface area contributed by atoms with Crippen molar-refractivity contribution in [1.82, 2.24) is 9.80 Å². The fourth-order valence-electron chi connectivity index (χ4n) is 4.89. The highest BCUT2D eigenvalue weighted by molar-refractivity contribution is 5.95. The number of furan rings is 1. The molecular weight excluding hydrogens is 340 g/mol. The maximum atomic E-state index is 13.3. The second-order valence-corrected chi connectivity index (χ2v) is 9.72. The Bertz CT molecular complexity index is 699. The van der Waals surface area contributed by atoms with E-state index in [4.69, 9.17) is 9.15 Å². The van der Waals surface area contributed by atoms with Gasteiger partial charge >= 0.3 is 0 Å². The van der Waals surface area contributed by atoms with Crippen molar-refractivity contribution in [3.63, 3.8) is 0 Å². The number of hydrogen-bond donors (Lipinski definition) is 0. The van der Waals surface area contributed by atoms with Crippen molar-refractivity contribution < 1.29 is 13.9 Å². The minimum atomic E-state index is -0.0849. The average Bonchev–Trinajstić information content (AvgIpc) is 3.27. The Balaban J connectivity index is 1.46. The smallest absolute Gasteiger partial charge is 0.257 e. The van der Waals surface area contributed by atoms with Crippen molar-refractivity contribution in [1.29, 1.82) is 0 Å². The summed E-state index contributed by atoms with van der Waals surface area (Å²) in [5.74, 6) is 1.77. The molecule has 1 spiro atoms. The van der Waals surface area contributed by atoms with E-state index in [1.54, 1.807) is 0 Å². The Morgan fingerprint density at radius 1 is 1.26 bits per heavy atom. The minimum absolute atomic E-state index is 0.0849. The molecule has 3 fully saturated rings. The summed E-state index contributed by atoms with van der Waals surface area (Å²) in [6, 6.07) is 1.96. The first kappa shape index (κ1) is 19.0. The first-order valence-electron chi connectivity index (χ1n) is 10.6. The second-order valence-electron chi connectivity index (χ2n) is 9.72. The van der Waals surface area contributed by atoms with Crippen LogP contribution in [0.25, 0.3) is 0 Å². The SMILES string of the molecule is Cc1oc(C(C)(C)C)cc1C(=O)N1CCC[C@@]2(CCN2C[C@H]2CCCO2)C1. The van der Waals surface area contributed by atoms with Gasteiger partial charge < -0.3 is 14.1 Å². The molecule has 150 valence electrons. The predicted octanol–water partition coefficient (Wildman–Crippen LogP) is 3.75. The first-order chi connectivity index (χ1) is 12.8. The maximum absolute atomic E-state index is 13.3. The van der Waals surface area contributed by atoms with Crippen molar-refractivity contribution in [2.24, 2.45) is 0 Å². The fourth-order valence-corrected chi connectivity index (χ4v) is 4.89. The number of amides is 1. The highest BCUT2D eigenvalue weighted by Gasteiger charge is 2.49. The Morgan fingerprint density at radius 2 is 2.07 bits per heavy atom. The summed E-state index contributed by atoms with van der Waals surface area (Å²) in [5.41, 5.74) is 0.824. The molecule has 0 unspecified atom stereocenters. The second kappa shape index (κ2) is 6.93. The lowest BCUT2D eigenvalue weighted by atomic mass is 9.77. The summed E-state index contributed by atoms with van der Waals surface area (Å²) in [6.07, 6.45) is 6.23. The van der Waals surface area contributed by atoms with Gasteiger partial charge in [0, 0.05) is 43.7 Å². The van der Waals surface area contributed by atoms with E-state index >= 15 is 0 Å². The number of hydrogen-bond acceptors (Lipinski definition) is 4. The third kappa shape index (κ3) is 3.56. The topological polar surface area (TPSA) is 45.9 Å². The summed E-state index contributed by atoms with van der Waals surface area (Å²) >= 11 is 0. The van der Waals surface area contributed by atoms with Gasteiger partial charge in [0.25, 0.3) is 5.91 Å². The van der Waals surface area contributed by atoms with E-state index in [0.717, 1.165) is 56.3 Å². The van der Waals surface area contributed by atoms with Crippen molar-refractivity contribution in [2.75, 3.05) is 32.8 Å². The highest BCUT2D eigenvalue weighted by atomic mass is 16.5. The molecule has 0 saturated carbocycles. The van der Waals surface area contributed by atoms with Crippen LogP contribution in [0.2, 0.25) is 0 Å². The van der Waals surface area contributed by atoms with Crippen LogP contribution < -0.4 is 0 Å². The van der Waals surface area contributed by atoms with Crippen molar-refractivity contribution >= 4 is 5.91 Å². The maximum Gasteiger partial charge on any atom is 0.257 e. The van der Waals surface area contributed by atoms with Gasteiger partial charge in [0.15, 0.2) is 0 Å². The molecule has 3 aliphatic rings. The third-order valence-corrected chi connectivity index (χ3v) is 6.70. The molecular formula is C22H34N2O3. The minimum Gasteiger partial charge on any atom is -0.465 e. The van der Waals surface area contributed by atoms with E-state index in [0.29, 0.717) is 6.10 Å². The lowest BCUT2D eigenvalue weighted by molar-refractivity contribution is -0.0807. The summed E-state index contributed by atoms with van der Waals surface area (Å²) in [6.45, 7) is 13.0. The van der Waals surface area contributed by atoms with Crippen LogP contribution >= 0.6 is 0 Å². The highest BCUT2D eigenvalue weighted by Crippen LogP contribution is 2.40. The molecule has 0 aromatic carbocycles. The molecule has 4 heterocycles. The van der Waals surface area contributed by atoms with Crippen LogP contribution in [0, 0.1) is 6.92 Å². The monoisotopic (exact) mass is 374 g/mol. The number of likely N-dealkylation sites (tertiary alicyclic amines) is 2. The average molecular weight is 375 g/mol. The molecule has 0 bridgehead atoms. The zero-order valence-electron chi connectivity index (χ0n) is 17.3. The van der Waals surface area contributed by atoms with Gasteiger partial charge in [0.05, 0.1) is 11.7 Å². The van der Waals surface area contributed by atoms with E-state index in [-0.39, 0.29) is 16.9 Å². The molecule has 4 rings (SSSR count). The van der Waals surface area contributed by atoms with Gasteiger partial charge in [-0.05, 0) is 45.1 Å². The van der Waals surface area contributed by atoms with Gasteiger partial charge in [-0.2, -0.15) is 0 Å².